The van der Waals surface area contributed by atoms with E-state index in [9.17, 15) is 17.6 Å². The van der Waals surface area contributed by atoms with E-state index in [4.69, 9.17) is 9.47 Å². The summed E-state index contributed by atoms with van der Waals surface area (Å²) in [6, 6.07) is 7.83. The van der Waals surface area contributed by atoms with E-state index in [1.807, 2.05) is 6.07 Å². The molecule has 7 nitrogen and oxygen atoms in total. The summed E-state index contributed by atoms with van der Waals surface area (Å²) in [6.45, 7) is 0.524. The molecule has 1 aliphatic heterocycles. The van der Waals surface area contributed by atoms with Crippen LogP contribution in [0.2, 0.25) is 0 Å². The third-order valence-electron chi connectivity index (χ3n) is 5.88. The minimum absolute atomic E-state index is 0.0634. The number of carbonyl (C=O) groups is 1. The van der Waals surface area contributed by atoms with E-state index in [1.54, 1.807) is 0 Å². The zero-order chi connectivity index (χ0) is 20.9. The van der Waals surface area contributed by atoms with Gasteiger partial charge in [-0.3, -0.25) is 0 Å². The van der Waals surface area contributed by atoms with Gasteiger partial charge in [0, 0.05) is 12.6 Å². The molecule has 1 heterocycles. The lowest BCUT2D eigenvalue weighted by Gasteiger charge is -2.32. The number of nitrogens with zero attached hydrogens (tertiary/aromatic N) is 1. The molecule has 2 atom stereocenters. The van der Waals surface area contributed by atoms with Gasteiger partial charge in [-0.1, -0.05) is 30.3 Å². The molecule has 1 unspecified atom stereocenters. The van der Waals surface area contributed by atoms with Crippen molar-refractivity contribution in [2.45, 2.75) is 56.2 Å². The molecular formula is C20H29FN2O5S. The molecule has 9 heteroatoms. The Morgan fingerprint density at radius 3 is 2.48 bits per heavy atom. The molecule has 1 aromatic carbocycles. The van der Waals surface area contributed by atoms with Crippen LogP contribution in [0.3, 0.4) is 0 Å². The fourth-order valence-corrected chi connectivity index (χ4v) is 5.13. The number of ether oxygens (including phenoxy) is 2. The highest BCUT2D eigenvalue weighted by atomic mass is 32.2. The van der Waals surface area contributed by atoms with Crippen LogP contribution < -0.4 is 4.72 Å². The number of hydrogen-bond donors (Lipinski definition) is 1. The highest BCUT2D eigenvalue weighted by molar-refractivity contribution is 7.89. The van der Waals surface area contributed by atoms with Crippen LogP contribution in [-0.2, 0) is 19.5 Å². The lowest BCUT2D eigenvalue weighted by atomic mass is 9.83. The predicted molar refractivity (Wildman–Crippen MR) is 107 cm³/mol. The number of likely N-dealkylation sites (tertiary alicyclic amines) is 1. The molecule has 2 fully saturated rings. The summed E-state index contributed by atoms with van der Waals surface area (Å²) in [5.74, 6) is 0.526. The number of carbonyl (C=O) groups excluding carboxylic acids is 1. The summed E-state index contributed by atoms with van der Waals surface area (Å²) in [4.78, 5) is 13.5. The average Bonchev–Trinajstić information content (AvgIpc) is 3.14. The first-order valence-electron chi connectivity index (χ1n) is 10.0. The molecule has 1 amide bonds. The Bertz CT molecular complexity index is 768. The number of methoxy groups -OCH3 is 1. The Balaban J connectivity index is 1.56. The molecular weight excluding hydrogens is 399 g/mol. The number of benzene rings is 1. The monoisotopic (exact) mass is 428 g/mol. The van der Waals surface area contributed by atoms with E-state index in [-0.39, 0.29) is 12.7 Å². The second-order valence-corrected chi connectivity index (χ2v) is 9.37. The fourth-order valence-electron chi connectivity index (χ4n) is 4.33. The quantitative estimate of drug-likeness (QED) is 0.722. The Morgan fingerprint density at radius 1 is 1.17 bits per heavy atom. The number of halogens is 1. The van der Waals surface area contributed by atoms with Crippen molar-refractivity contribution in [3.8, 4) is 0 Å². The predicted octanol–water partition coefficient (Wildman–Crippen LogP) is 2.79. The Hall–Kier alpha value is -1.71. The molecule has 1 saturated heterocycles. The number of amides is 1. The molecule has 0 aromatic heterocycles. The van der Waals surface area contributed by atoms with Crippen LogP contribution in [0.5, 0.6) is 0 Å². The summed E-state index contributed by atoms with van der Waals surface area (Å²) in [7, 11) is -2.74. The average molecular weight is 429 g/mol. The van der Waals surface area contributed by atoms with E-state index in [2.05, 4.69) is 29.0 Å². The molecule has 1 aromatic rings. The molecule has 162 valence electrons. The highest BCUT2D eigenvalue weighted by Crippen LogP contribution is 2.34. The molecule has 29 heavy (non-hydrogen) atoms. The molecule has 0 spiro atoms. The SMILES string of the molecule is COC(=O)N1CC[C@H](NS(=O)(=O)CF)C1COC1CCC(c2ccccc2)CC1. The molecule has 2 aliphatic rings. The van der Waals surface area contributed by atoms with Crippen LogP contribution in [0.25, 0.3) is 0 Å². The van der Waals surface area contributed by atoms with Gasteiger partial charge in [0.05, 0.1) is 25.9 Å². The highest BCUT2D eigenvalue weighted by Gasteiger charge is 2.40. The van der Waals surface area contributed by atoms with Crippen LogP contribution in [0, 0.1) is 0 Å². The van der Waals surface area contributed by atoms with E-state index < -0.39 is 34.2 Å². The number of alkyl halides is 1. The maximum atomic E-state index is 12.7. The van der Waals surface area contributed by atoms with E-state index in [0.717, 1.165) is 25.7 Å². The summed E-state index contributed by atoms with van der Waals surface area (Å²) in [5.41, 5.74) is 1.35. The number of hydrogen-bond acceptors (Lipinski definition) is 5. The first-order valence-corrected chi connectivity index (χ1v) is 11.7. The van der Waals surface area contributed by atoms with Gasteiger partial charge >= 0.3 is 6.09 Å². The lowest BCUT2D eigenvalue weighted by Crippen LogP contribution is -2.49. The number of nitrogens with one attached hydrogen (secondary N) is 1. The fraction of sp³-hybridized carbons (Fsp3) is 0.650. The summed E-state index contributed by atoms with van der Waals surface area (Å²) < 4.78 is 49.3. The molecule has 0 bridgehead atoms. The van der Waals surface area contributed by atoms with Crippen molar-refractivity contribution < 1.29 is 27.1 Å². The van der Waals surface area contributed by atoms with Crippen molar-refractivity contribution in [3.05, 3.63) is 35.9 Å². The van der Waals surface area contributed by atoms with Crippen molar-refractivity contribution >= 4 is 16.1 Å². The molecule has 3 rings (SSSR count). The van der Waals surface area contributed by atoms with Crippen LogP contribution in [0.15, 0.2) is 30.3 Å². The van der Waals surface area contributed by atoms with Gasteiger partial charge in [0.25, 0.3) is 0 Å². The minimum atomic E-state index is -4.02. The maximum absolute atomic E-state index is 12.7. The molecule has 0 radical (unpaired) electrons. The third-order valence-corrected chi connectivity index (χ3v) is 6.83. The van der Waals surface area contributed by atoms with Crippen LogP contribution in [-0.4, -0.2) is 63.9 Å². The van der Waals surface area contributed by atoms with Crippen molar-refractivity contribution in [3.63, 3.8) is 0 Å². The van der Waals surface area contributed by atoms with Gasteiger partial charge in [-0.05, 0) is 43.6 Å². The first kappa shape index (κ1) is 22.0. The van der Waals surface area contributed by atoms with Crippen molar-refractivity contribution in [1.29, 1.82) is 0 Å². The van der Waals surface area contributed by atoms with Gasteiger partial charge in [0.2, 0.25) is 16.0 Å². The van der Waals surface area contributed by atoms with Crippen LogP contribution in [0.1, 0.15) is 43.6 Å². The molecule has 1 aliphatic carbocycles. The smallest absolute Gasteiger partial charge is 0.409 e. The van der Waals surface area contributed by atoms with Crippen molar-refractivity contribution in [1.82, 2.24) is 9.62 Å². The molecule has 1 N–H and O–H groups in total. The van der Waals surface area contributed by atoms with E-state index >= 15 is 0 Å². The number of rotatable bonds is 7. The Morgan fingerprint density at radius 2 is 1.86 bits per heavy atom. The lowest BCUT2D eigenvalue weighted by molar-refractivity contribution is -0.00536. The topological polar surface area (TPSA) is 84.9 Å². The van der Waals surface area contributed by atoms with E-state index in [1.165, 1.54) is 17.6 Å². The van der Waals surface area contributed by atoms with Gasteiger partial charge < -0.3 is 14.4 Å². The van der Waals surface area contributed by atoms with Crippen LogP contribution >= 0.6 is 0 Å². The zero-order valence-electron chi connectivity index (χ0n) is 16.6. The zero-order valence-corrected chi connectivity index (χ0v) is 17.4. The largest absolute Gasteiger partial charge is 0.453 e. The standard InChI is InChI=1S/C20H29FN2O5S/c1-27-20(24)23-12-11-18(22-29(25,26)14-21)19(23)13-28-17-9-7-16(8-10-17)15-5-3-2-4-6-15/h2-6,16-19,22H,7-14H2,1H3/t16?,17?,18-,19?/m0/s1. The molecule has 1 saturated carbocycles. The summed E-state index contributed by atoms with van der Waals surface area (Å²) in [5, 5.41) is 0. The second-order valence-electron chi connectivity index (χ2n) is 7.69. The van der Waals surface area contributed by atoms with Crippen molar-refractivity contribution in [2.24, 2.45) is 0 Å². The normalized spacial score (nSPS) is 27.7. The third kappa shape index (κ3) is 5.67. The number of sulfonamides is 1. The van der Waals surface area contributed by atoms with Gasteiger partial charge in [-0.15, -0.1) is 0 Å². The van der Waals surface area contributed by atoms with Gasteiger partial charge in [0.15, 0.2) is 0 Å². The first-order chi connectivity index (χ1) is 13.9. The van der Waals surface area contributed by atoms with E-state index in [0.29, 0.717) is 18.9 Å². The maximum Gasteiger partial charge on any atom is 0.409 e. The Kier molecular flexibility index (Phi) is 7.48. The summed E-state index contributed by atoms with van der Waals surface area (Å²) in [6.07, 6.45) is 3.79. The van der Waals surface area contributed by atoms with Gasteiger partial charge in [-0.2, -0.15) is 0 Å². The summed E-state index contributed by atoms with van der Waals surface area (Å²) >= 11 is 0. The van der Waals surface area contributed by atoms with Gasteiger partial charge in [0.1, 0.15) is 0 Å². The second kappa shape index (κ2) is 9.86. The minimum Gasteiger partial charge on any atom is -0.453 e. The Labute approximate surface area is 171 Å². The van der Waals surface area contributed by atoms with Crippen LogP contribution in [0.4, 0.5) is 9.18 Å². The van der Waals surface area contributed by atoms with Crippen molar-refractivity contribution in [2.75, 3.05) is 26.3 Å². The van der Waals surface area contributed by atoms with Gasteiger partial charge in [-0.25, -0.2) is 22.3 Å².